The Hall–Kier alpha value is -1.63. The first-order chi connectivity index (χ1) is 9.38. The molecular weight excluding hydrogens is 260 g/mol. The van der Waals surface area contributed by atoms with E-state index in [0.717, 1.165) is 13.0 Å². The molecule has 0 saturated carbocycles. The van der Waals surface area contributed by atoms with Gasteiger partial charge in [0.1, 0.15) is 0 Å². The van der Waals surface area contributed by atoms with Crippen molar-refractivity contribution in [3.63, 3.8) is 0 Å². The average Bonchev–Trinajstić information content (AvgIpc) is 2.71. The van der Waals surface area contributed by atoms with E-state index in [9.17, 15) is 14.4 Å². The third-order valence-corrected chi connectivity index (χ3v) is 3.35. The Morgan fingerprint density at radius 1 is 1.20 bits per heavy atom. The molecule has 1 fully saturated rings. The van der Waals surface area contributed by atoms with Crippen LogP contribution in [0.4, 0.5) is 0 Å². The number of carbonyl (C=O) groups excluding carboxylic acids is 3. The highest BCUT2D eigenvalue weighted by Crippen LogP contribution is 2.13. The third-order valence-electron chi connectivity index (χ3n) is 3.35. The summed E-state index contributed by atoms with van der Waals surface area (Å²) in [6.07, 6.45) is 0.836. The Morgan fingerprint density at radius 3 is 2.55 bits per heavy atom. The molecule has 0 unspecified atom stereocenters. The highest BCUT2D eigenvalue weighted by molar-refractivity contribution is 6.35. The lowest BCUT2D eigenvalue weighted by Crippen LogP contribution is -2.49. The van der Waals surface area contributed by atoms with E-state index in [4.69, 9.17) is 0 Å². The van der Waals surface area contributed by atoms with Crippen LogP contribution in [-0.4, -0.2) is 62.4 Å². The minimum absolute atomic E-state index is 0.128. The van der Waals surface area contributed by atoms with Crippen LogP contribution in [0.2, 0.25) is 0 Å². The van der Waals surface area contributed by atoms with Crippen molar-refractivity contribution >= 4 is 17.7 Å². The average molecular weight is 284 g/mol. The first-order valence-corrected chi connectivity index (χ1v) is 6.88. The van der Waals surface area contributed by atoms with Crippen LogP contribution in [0.3, 0.4) is 0 Å². The molecule has 1 rings (SSSR count). The van der Waals surface area contributed by atoms with Crippen LogP contribution in [0.15, 0.2) is 0 Å². The Labute approximate surface area is 119 Å². The quantitative estimate of drug-likeness (QED) is 0.562. The molecule has 1 heterocycles. The van der Waals surface area contributed by atoms with Gasteiger partial charge in [-0.3, -0.25) is 14.4 Å². The molecule has 0 aromatic heterocycles. The molecule has 0 radical (unpaired) electrons. The maximum Gasteiger partial charge on any atom is 0.311 e. The van der Waals surface area contributed by atoms with Crippen LogP contribution in [0.1, 0.15) is 20.3 Å². The van der Waals surface area contributed by atoms with Crippen molar-refractivity contribution in [3.05, 3.63) is 0 Å². The van der Waals surface area contributed by atoms with Crippen LogP contribution in [0.5, 0.6) is 0 Å². The van der Waals surface area contributed by atoms with Gasteiger partial charge in [-0.25, -0.2) is 0 Å². The summed E-state index contributed by atoms with van der Waals surface area (Å²) in [6, 6.07) is 0. The third kappa shape index (κ3) is 4.48. The molecule has 1 aliphatic heterocycles. The fourth-order valence-corrected chi connectivity index (χ4v) is 1.99. The second-order valence-corrected chi connectivity index (χ2v) is 5.54. The number of carbonyl (C=O) groups is 3. The Kier molecular flexibility index (Phi) is 5.94. The Bertz CT molecular complexity index is 374. The van der Waals surface area contributed by atoms with Gasteiger partial charge in [0.05, 0.1) is 5.41 Å². The summed E-state index contributed by atoms with van der Waals surface area (Å²) in [5, 5.41) is 8.25. The highest BCUT2D eigenvalue weighted by atomic mass is 16.2. The topological polar surface area (TPSA) is 90.5 Å². The van der Waals surface area contributed by atoms with Crippen molar-refractivity contribution < 1.29 is 14.4 Å². The first-order valence-electron chi connectivity index (χ1n) is 6.88. The number of nitrogens with zero attached hydrogens (tertiary/aromatic N) is 1. The zero-order valence-corrected chi connectivity index (χ0v) is 12.4. The summed E-state index contributed by atoms with van der Waals surface area (Å²) in [5.74, 6) is -1.35. The van der Waals surface area contributed by atoms with Gasteiger partial charge in [0.15, 0.2) is 0 Å². The van der Waals surface area contributed by atoms with Crippen molar-refractivity contribution in [2.45, 2.75) is 20.3 Å². The zero-order valence-electron chi connectivity index (χ0n) is 12.4. The van der Waals surface area contributed by atoms with Crippen LogP contribution in [-0.2, 0) is 14.4 Å². The Morgan fingerprint density at radius 2 is 1.90 bits per heavy atom. The van der Waals surface area contributed by atoms with Crippen molar-refractivity contribution in [2.24, 2.45) is 5.41 Å². The summed E-state index contributed by atoms with van der Waals surface area (Å²) in [7, 11) is 1.54. The fraction of sp³-hybridized carbons (Fsp3) is 0.769. The van der Waals surface area contributed by atoms with Gasteiger partial charge in [0.25, 0.3) is 0 Å². The molecule has 1 saturated heterocycles. The highest BCUT2D eigenvalue weighted by Gasteiger charge is 2.29. The first kappa shape index (κ1) is 16.4. The molecule has 0 aromatic rings. The van der Waals surface area contributed by atoms with Gasteiger partial charge in [0.2, 0.25) is 5.91 Å². The largest absolute Gasteiger partial charge is 0.359 e. The summed E-state index contributed by atoms with van der Waals surface area (Å²) < 4.78 is 0. The summed E-state index contributed by atoms with van der Waals surface area (Å²) >= 11 is 0. The van der Waals surface area contributed by atoms with Gasteiger partial charge in [-0.1, -0.05) is 0 Å². The smallest absolute Gasteiger partial charge is 0.311 e. The van der Waals surface area contributed by atoms with Crippen molar-refractivity contribution in [3.8, 4) is 0 Å². The van der Waals surface area contributed by atoms with Gasteiger partial charge in [-0.15, -0.1) is 0 Å². The lowest BCUT2D eigenvalue weighted by molar-refractivity contribution is -0.146. The number of nitrogens with one attached hydrogen (secondary N) is 3. The van der Waals surface area contributed by atoms with Gasteiger partial charge in [0, 0.05) is 33.2 Å². The second-order valence-electron chi connectivity index (χ2n) is 5.54. The Balaban J connectivity index is 2.49. The zero-order chi connectivity index (χ0) is 15.2. The van der Waals surface area contributed by atoms with Crippen molar-refractivity contribution in [1.29, 1.82) is 0 Å². The monoisotopic (exact) mass is 284 g/mol. The molecule has 0 aliphatic carbocycles. The van der Waals surface area contributed by atoms with Crippen molar-refractivity contribution in [1.82, 2.24) is 20.9 Å². The van der Waals surface area contributed by atoms with E-state index in [2.05, 4.69) is 16.0 Å². The van der Waals surface area contributed by atoms with Gasteiger partial charge >= 0.3 is 11.8 Å². The molecule has 0 bridgehead atoms. The summed E-state index contributed by atoms with van der Waals surface area (Å²) in [4.78, 5) is 37.0. The molecule has 1 aliphatic rings. The van der Waals surface area contributed by atoms with Crippen LogP contribution in [0, 0.1) is 5.41 Å². The molecule has 20 heavy (non-hydrogen) atoms. The minimum Gasteiger partial charge on any atom is -0.359 e. The summed E-state index contributed by atoms with van der Waals surface area (Å²) in [5.41, 5.74) is -0.745. The maximum atomic E-state index is 12.0. The normalized spacial score (nSPS) is 16.2. The molecule has 3 amide bonds. The number of hydrogen-bond donors (Lipinski definition) is 3. The second kappa shape index (κ2) is 7.23. The van der Waals surface area contributed by atoms with Gasteiger partial charge in [-0.05, 0) is 26.8 Å². The van der Waals surface area contributed by atoms with E-state index in [1.807, 2.05) is 0 Å². The van der Waals surface area contributed by atoms with E-state index in [1.165, 1.54) is 0 Å². The van der Waals surface area contributed by atoms with E-state index < -0.39 is 17.2 Å². The SMILES string of the molecule is CNC(=O)C(C)(C)CNC(=O)C(=O)N1CCCNCC1. The lowest BCUT2D eigenvalue weighted by atomic mass is 9.92. The predicted molar refractivity (Wildman–Crippen MR) is 74.9 cm³/mol. The summed E-state index contributed by atoms with van der Waals surface area (Å²) in [6.45, 7) is 6.23. The van der Waals surface area contributed by atoms with Crippen LogP contribution < -0.4 is 16.0 Å². The van der Waals surface area contributed by atoms with E-state index in [0.29, 0.717) is 19.6 Å². The molecule has 0 aromatic carbocycles. The lowest BCUT2D eigenvalue weighted by Gasteiger charge is -2.24. The molecular formula is C13H24N4O3. The number of amides is 3. The predicted octanol–water partition coefficient (Wildman–Crippen LogP) is -1.30. The standard InChI is InChI=1S/C13H24N4O3/c1-13(2,12(20)14-3)9-16-10(18)11(19)17-7-4-5-15-6-8-17/h15H,4-9H2,1-3H3,(H,14,20)(H,16,18). The van der Waals surface area contributed by atoms with E-state index >= 15 is 0 Å². The minimum atomic E-state index is -0.745. The van der Waals surface area contributed by atoms with E-state index in [1.54, 1.807) is 25.8 Å². The van der Waals surface area contributed by atoms with Crippen molar-refractivity contribution in [2.75, 3.05) is 39.8 Å². The van der Waals surface area contributed by atoms with Crippen LogP contribution in [0.25, 0.3) is 0 Å². The van der Waals surface area contributed by atoms with Gasteiger partial charge < -0.3 is 20.9 Å². The number of rotatable bonds is 3. The molecule has 114 valence electrons. The molecule has 3 N–H and O–H groups in total. The van der Waals surface area contributed by atoms with E-state index in [-0.39, 0.29) is 12.5 Å². The molecule has 0 spiro atoms. The number of hydrogen-bond acceptors (Lipinski definition) is 4. The van der Waals surface area contributed by atoms with Gasteiger partial charge in [-0.2, -0.15) is 0 Å². The van der Waals surface area contributed by atoms with Crippen LogP contribution >= 0.6 is 0 Å². The molecule has 0 atom stereocenters. The maximum absolute atomic E-state index is 12.0. The fourth-order valence-electron chi connectivity index (χ4n) is 1.99. The molecule has 7 heteroatoms. The molecule has 7 nitrogen and oxygen atoms in total.